The first kappa shape index (κ1) is 8.44. The summed E-state index contributed by atoms with van der Waals surface area (Å²) in [6, 6.07) is 5.63. The Hall–Kier alpha value is -1.16. The van der Waals surface area contributed by atoms with E-state index in [9.17, 15) is 0 Å². The molecule has 2 rings (SSSR count). The molecule has 0 amide bonds. The molecule has 0 aliphatic heterocycles. The van der Waals surface area contributed by atoms with Crippen molar-refractivity contribution in [1.29, 1.82) is 0 Å². The van der Waals surface area contributed by atoms with Crippen LogP contribution in [0.3, 0.4) is 0 Å². The maximum Gasteiger partial charge on any atom is 0.256 e. The summed E-state index contributed by atoms with van der Waals surface area (Å²) in [5, 5.41) is 0.666. The lowest BCUT2D eigenvalue weighted by atomic mass is 10.3. The summed E-state index contributed by atoms with van der Waals surface area (Å²) in [5.74, 6) is 0.751. The van der Waals surface area contributed by atoms with E-state index in [1.165, 1.54) is 11.8 Å². The van der Waals surface area contributed by atoms with Gasteiger partial charge in [0.1, 0.15) is 5.75 Å². The minimum atomic E-state index is 0.666. The van der Waals surface area contributed by atoms with E-state index in [0.29, 0.717) is 5.22 Å². The van der Waals surface area contributed by atoms with Crippen LogP contribution in [0.5, 0.6) is 5.75 Å². The first-order valence-corrected chi connectivity index (χ1v) is 5.05. The van der Waals surface area contributed by atoms with E-state index in [2.05, 4.69) is 4.98 Å². The number of para-hydroxylation sites is 1. The van der Waals surface area contributed by atoms with Crippen LogP contribution in [0.4, 0.5) is 0 Å². The predicted molar refractivity (Wildman–Crippen MR) is 52.3 cm³/mol. The van der Waals surface area contributed by atoms with Gasteiger partial charge in [0.25, 0.3) is 5.22 Å². The summed E-state index contributed by atoms with van der Waals surface area (Å²) in [6.45, 7) is 0. The number of rotatable bonds is 2. The Morgan fingerprint density at radius 3 is 3.00 bits per heavy atom. The highest BCUT2D eigenvalue weighted by atomic mass is 32.2. The van der Waals surface area contributed by atoms with Gasteiger partial charge in [-0.05, 0) is 18.4 Å². The zero-order valence-corrected chi connectivity index (χ0v) is 8.22. The van der Waals surface area contributed by atoms with Gasteiger partial charge in [0.2, 0.25) is 0 Å². The highest BCUT2D eigenvalue weighted by Gasteiger charge is 2.08. The normalized spacial score (nSPS) is 10.6. The Morgan fingerprint density at radius 1 is 1.46 bits per heavy atom. The zero-order valence-electron chi connectivity index (χ0n) is 7.40. The number of hydrogen-bond donors (Lipinski definition) is 0. The minimum absolute atomic E-state index is 0.666. The number of aromatic nitrogens is 1. The van der Waals surface area contributed by atoms with Crippen molar-refractivity contribution in [3.63, 3.8) is 0 Å². The molecule has 0 unspecified atom stereocenters. The van der Waals surface area contributed by atoms with Crippen LogP contribution < -0.4 is 4.74 Å². The van der Waals surface area contributed by atoms with Crippen molar-refractivity contribution >= 4 is 22.9 Å². The third kappa shape index (κ3) is 1.37. The van der Waals surface area contributed by atoms with Gasteiger partial charge in [-0.3, -0.25) is 0 Å². The fourth-order valence-corrected chi connectivity index (χ4v) is 1.51. The fraction of sp³-hybridized carbons (Fsp3) is 0.222. The number of nitrogens with zero attached hydrogens (tertiary/aromatic N) is 1. The summed E-state index contributed by atoms with van der Waals surface area (Å²) in [5.41, 5.74) is 1.55. The Morgan fingerprint density at radius 2 is 2.31 bits per heavy atom. The molecule has 0 atom stereocenters. The van der Waals surface area contributed by atoms with Crippen LogP contribution in [0, 0.1) is 0 Å². The summed E-state index contributed by atoms with van der Waals surface area (Å²) in [4.78, 5) is 4.27. The lowest BCUT2D eigenvalue weighted by molar-refractivity contribution is 0.419. The second-order valence-corrected chi connectivity index (χ2v) is 3.25. The average molecular weight is 195 g/mol. The summed E-state index contributed by atoms with van der Waals surface area (Å²) >= 11 is 1.48. The smallest absolute Gasteiger partial charge is 0.256 e. The molecule has 0 saturated heterocycles. The zero-order chi connectivity index (χ0) is 9.26. The van der Waals surface area contributed by atoms with Crippen molar-refractivity contribution in [2.75, 3.05) is 13.4 Å². The average Bonchev–Trinajstić information content (AvgIpc) is 2.59. The molecule has 13 heavy (non-hydrogen) atoms. The van der Waals surface area contributed by atoms with E-state index in [1.807, 2.05) is 24.5 Å². The second kappa shape index (κ2) is 3.30. The van der Waals surface area contributed by atoms with E-state index in [1.54, 1.807) is 7.11 Å². The molecule has 2 aromatic rings. The predicted octanol–water partition coefficient (Wildman–Crippen LogP) is 2.56. The van der Waals surface area contributed by atoms with Gasteiger partial charge in [0.15, 0.2) is 11.1 Å². The van der Waals surface area contributed by atoms with Crippen LogP contribution in [0.15, 0.2) is 27.8 Å². The van der Waals surface area contributed by atoms with Crippen molar-refractivity contribution in [3.05, 3.63) is 18.2 Å². The van der Waals surface area contributed by atoms with Crippen molar-refractivity contribution in [2.24, 2.45) is 0 Å². The maximum atomic E-state index is 5.43. The summed E-state index contributed by atoms with van der Waals surface area (Å²) in [7, 11) is 1.63. The van der Waals surface area contributed by atoms with Crippen LogP contribution in [-0.4, -0.2) is 18.3 Å². The van der Waals surface area contributed by atoms with Gasteiger partial charge in [-0.2, -0.15) is 4.98 Å². The van der Waals surface area contributed by atoms with Crippen molar-refractivity contribution in [1.82, 2.24) is 4.98 Å². The van der Waals surface area contributed by atoms with E-state index in [4.69, 9.17) is 9.15 Å². The van der Waals surface area contributed by atoms with Crippen LogP contribution >= 0.6 is 11.8 Å². The largest absolute Gasteiger partial charge is 0.494 e. The fourth-order valence-electron chi connectivity index (χ4n) is 1.15. The molecule has 0 saturated carbocycles. The summed E-state index contributed by atoms with van der Waals surface area (Å²) in [6.07, 6.45) is 1.93. The maximum absolute atomic E-state index is 5.43. The molecule has 0 radical (unpaired) electrons. The van der Waals surface area contributed by atoms with Gasteiger partial charge in [-0.1, -0.05) is 17.8 Å². The molecule has 0 aliphatic carbocycles. The standard InChI is InChI=1S/C9H9NO2S/c1-11-6-4-3-5-7-8(6)10-9(12-7)13-2/h3-5H,1-2H3. The quantitative estimate of drug-likeness (QED) is 0.690. The molecule has 3 nitrogen and oxygen atoms in total. The number of hydrogen-bond acceptors (Lipinski definition) is 4. The molecule has 1 aromatic heterocycles. The molecule has 1 heterocycles. The Kier molecular flexibility index (Phi) is 2.14. The van der Waals surface area contributed by atoms with Crippen LogP contribution in [-0.2, 0) is 0 Å². The molecule has 0 fully saturated rings. The van der Waals surface area contributed by atoms with E-state index in [0.717, 1.165) is 16.8 Å². The number of ether oxygens (including phenoxy) is 1. The van der Waals surface area contributed by atoms with E-state index in [-0.39, 0.29) is 0 Å². The highest BCUT2D eigenvalue weighted by molar-refractivity contribution is 7.98. The molecule has 0 spiro atoms. The molecular weight excluding hydrogens is 186 g/mol. The number of benzene rings is 1. The van der Waals surface area contributed by atoms with E-state index < -0.39 is 0 Å². The van der Waals surface area contributed by atoms with Gasteiger partial charge in [-0.15, -0.1) is 0 Å². The molecule has 0 aliphatic rings. The second-order valence-electron chi connectivity index (χ2n) is 2.49. The third-order valence-electron chi connectivity index (χ3n) is 1.76. The molecule has 0 N–H and O–H groups in total. The lowest BCUT2D eigenvalue weighted by Gasteiger charge is -1.96. The topological polar surface area (TPSA) is 35.3 Å². The van der Waals surface area contributed by atoms with Gasteiger partial charge in [0.05, 0.1) is 7.11 Å². The number of thioether (sulfide) groups is 1. The van der Waals surface area contributed by atoms with Crippen LogP contribution in [0.2, 0.25) is 0 Å². The molecular formula is C9H9NO2S. The van der Waals surface area contributed by atoms with Gasteiger partial charge < -0.3 is 9.15 Å². The number of methoxy groups -OCH3 is 1. The molecule has 0 bridgehead atoms. The van der Waals surface area contributed by atoms with Crippen molar-refractivity contribution in [2.45, 2.75) is 5.22 Å². The number of oxazole rings is 1. The highest BCUT2D eigenvalue weighted by Crippen LogP contribution is 2.28. The Balaban J connectivity index is 2.67. The third-order valence-corrected chi connectivity index (χ3v) is 2.28. The summed E-state index contributed by atoms with van der Waals surface area (Å²) < 4.78 is 10.6. The Labute approximate surface area is 80.1 Å². The van der Waals surface area contributed by atoms with Crippen molar-refractivity contribution < 1.29 is 9.15 Å². The van der Waals surface area contributed by atoms with Gasteiger partial charge in [0, 0.05) is 0 Å². The minimum Gasteiger partial charge on any atom is -0.494 e. The van der Waals surface area contributed by atoms with Crippen LogP contribution in [0.1, 0.15) is 0 Å². The first-order chi connectivity index (χ1) is 6.35. The van der Waals surface area contributed by atoms with Crippen molar-refractivity contribution in [3.8, 4) is 5.75 Å². The van der Waals surface area contributed by atoms with E-state index >= 15 is 0 Å². The number of fused-ring (bicyclic) bond motifs is 1. The molecule has 1 aromatic carbocycles. The van der Waals surface area contributed by atoms with Crippen LogP contribution in [0.25, 0.3) is 11.1 Å². The molecule has 4 heteroatoms. The monoisotopic (exact) mass is 195 g/mol. The first-order valence-electron chi connectivity index (χ1n) is 3.82. The SMILES string of the molecule is COc1cccc2oc(SC)nc12. The Bertz CT molecular complexity index is 424. The molecule has 68 valence electrons. The lowest BCUT2D eigenvalue weighted by Crippen LogP contribution is -1.83. The van der Waals surface area contributed by atoms with Gasteiger partial charge in [-0.25, -0.2) is 0 Å². The van der Waals surface area contributed by atoms with Gasteiger partial charge >= 0.3 is 0 Å².